The van der Waals surface area contributed by atoms with Crippen LogP contribution in [-0.2, 0) is 16.0 Å². The van der Waals surface area contributed by atoms with Crippen LogP contribution in [0.25, 0.3) is 10.8 Å². The Bertz CT molecular complexity index is 656. The van der Waals surface area contributed by atoms with Gasteiger partial charge in [-0.25, -0.2) is 0 Å². The smallest absolute Gasteiger partial charge is 0.239 e. The fourth-order valence-corrected chi connectivity index (χ4v) is 2.86. The number of carbonyl (C=O) groups is 1. The third-order valence-electron chi connectivity index (χ3n) is 4.13. The number of ether oxygens (including phenoxy) is 1. The minimum atomic E-state index is -0.245. The van der Waals surface area contributed by atoms with Crippen LogP contribution < -0.4 is 10.6 Å². The van der Waals surface area contributed by atoms with E-state index in [1.54, 1.807) is 0 Å². The highest BCUT2D eigenvalue weighted by atomic mass is 16.5. The van der Waals surface area contributed by atoms with E-state index in [2.05, 4.69) is 41.0 Å². The van der Waals surface area contributed by atoms with Crippen LogP contribution in [-0.4, -0.2) is 37.7 Å². The summed E-state index contributed by atoms with van der Waals surface area (Å²) < 4.78 is 5.50. The highest BCUT2D eigenvalue weighted by Crippen LogP contribution is 2.15. The number of hydrogen-bond acceptors (Lipinski definition) is 3. The van der Waals surface area contributed by atoms with Crippen molar-refractivity contribution in [2.24, 2.45) is 0 Å². The van der Waals surface area contributed by atoms with Crippen LogP contribution in [0.3, 0.4) is 0 Å². The minimum absolute atomic E-state index is 0.0213. The molecule has 0 radical (unpaired) electrons. The van der Waals surface area contributed by atoms with Crippen molar-refractivity contribution >= 4 is 16.7 Å². The molecule has 1 fully saturated rings. The van der Waals surface area contributed by atoms with E-state index < -0.39 is 0 Å². The summed E-state index contributed by atoms with van der Waals surface area (Å²) in [5.41, 5.74) is 1.24. The minimum Gasteiger partial charge on any atom is -0.375 e. The molecule has 0 bridgehead atoms. The van der Waals surface area contributed by atoms with Gasteiger partial charge >= 0.3 is 0 Å². The lowest BCUT2D eigenvalue weighted by Gasteiger charge is -2.29. The zero-order valence-electron chi connectivity index (χ0n) is 12.8. The molecule has 116 valence electrons. The normalized spacial score (nSPS) is 21.7. The summed E-state index contributed by atoms with van der Waals surface area (Å²) in [5, 5.41) is 8.68. The van der Waals surface area contributed by atoms with Crippen molar-refractivity contribution in [3.8, 4) is 0 Å². The Morgan fingerprint density at radius 2 is 2.09 bits per heavy atom. The Labute approximate surface area is 130 Å². The monoisotopic (exact) mass is 298 g/mol. The number of fused-ring (bicyclic) bond motifs is 1. The number of morpholine rings is 1. The fraction of sp³-hybridized carbons (Fsp3) is 0.389. The molecule has 4 nitrogen and oxygen atoms in total. The Balaban J connectivity index is 1.54. The van der Waals surface area contributed by atoms with Gasteiger partial charge in [0.2, 0.25) is 5.91 Å². The molecule has 2 N–H and O–H groups in total. The van der Waals surface area contributed by atoms with Crippen LogP contribution in [0.4, 0.5) is 0 Å². The molecule has 3 rings (SSSR count). The lowest BCUT2D eigenvalue weighted by atomic mass is 10.0. The molecule has 0 aromatic heterocycles. The average Bonchev–Trinajstić information content (AvgIpc) is 2.55. The molecule has 2 aromatic rings. The number of benzene rings is 2. The van der Waals surface area contributed by atoms with E-state index in [-0.39, 0.29) is 18.1 Å². The number of rotatable bonds is 4. The number of carbonyl (C=O) groups excluding carboxylic acids is 1. The third-order valence-corrected chi connectivity index (χ3v) is 4.13. The summed E-state index contributed by atoms with van der Waals surface area (Å²) in [5.74, 6) is 0.0213. The topological polar surface area (TPSA) is 50.4 Å². The maximum atomic E-state index is 12.2. The molecule has 0 spiro atoms. The third kappa shape index (κ3) is 3.46. The molecule has 4 heteroatoms. The van der Waals surface area contributed by atoms with E-state index in [0.29, 0.717) is 13.2 Å². The molecule has 1 aliphatic rings. The second kappa shape index (κ2) is 6.90. The summed E-state index contributed by atoms with van der Waals surface area (Å²) in [6.45, 7) is 3.97. The summed E-state index contributed by atoms with van der Waals surface area (Å²) in [7, 11) is 0. The van der Waals surface area contributed by atoms with Crippen LogP contribution in [0, 0.1) is 0 Å². The Morgan fingerprint density at radius 1 is 1.27 bits per heavy atom. The Hall–Kier alpha value is -1.91. The summed E-state index contributed by atoms with van der Waals surface area (Å²) in [4.78, 5) is 12.2. The fourth-order valence-electron chi connectivity index (χ4n) is 2.86. The quantitative estimate of drug-likeness (QED) is 0.906. The van der Waals surface area contributed by atoms with Gasteiger partial charge in [-0.3, -0.25) is 4.79 Å². The molecule has 2 atom stereocenters. The number of nitrogens with one attached hydrogen (secondary N) is 2. The molecule has 1 aliphatic heterocycles. The highest BCUT2D eigenvalue weighted by Gasteiger charge is 2.27. The van der Waals surface area contributed by atoms with Crippen LogP contribution in [0.2, 0.25) is 0 Å². The van der Waals surface area contributed by atoms with E-state index in [0.717, 1.165) is 13.0 Å². The van der Waals surface area contributed by atoms with E-state index in [1.807, 2.05) is 19.1 Å². The van der Waals surface area contributed by atoms with Crippen molar-refractivity contribution in [3.63, 3.8) is 0 Å². The molecule has 1 saturated heterocycles. The predicted molar refractivity (Wildman–Crippen MR) is 87.9 cm³/mol. The van der Waals surface area contributed by atoms with Gasteiger partial charge in [-0.2, -0.15) is 0 Å². The van der Waals surface area contributed by atoms with E-state index in [1.165, 1.54) is 16.3 Å². The van der Waals surface area contributed by atoms with Crippen LogP contribution >= 0.6 is 0 Å². The van der Waals surface area contributed by atoms with Gasteiger partial charge in [0.05, 0.1) is 12.7 Å². The van der Waals surface area contributed by atoms with Gasteiger partial charge < -0.3 is 15.4 Å². The molecule has 1 amide bonds. The zero-order valence-corrected chi connectivity index (χ0v) is 12.8. The van der Waals surface area contributed by atoms with Crippen molar-refractivity contribution in [3.05, 3.63) is 48.0 Å². The highest BCUT2D eigenvalue weighted by molar-refractivity contribution is 5.83. The summed E-state index contributed by atoms with van der Waals surface area (Å²) >= 11 is 0. The van der Waals surface area contributed by atoms with Crippen molar-refractivity contribution in [2.75, 3.05) is 19.7 Å². The van der Waals surface area contributed by atoms with Gasteiger partial charge in [0.15, 0.2) is 0 Å². The predicted octanol–water partition coefficient (Wildman–Crippen LogP) is 1.88. The van der Waals surface area contributed by atoms with Gasteiger partial charge in [0, 0.05) is 13.1 Å². The van der Waals surface area contributed by atoms with Crippen LogP contribution in [0.5, 0.6) is 0 Å². The Kier molecular flexibility index (Phi) is 4.71. The first-order valence-electron chi connectivity index (χ1n) is 7.84. The number of hydrogen-bond donors (Lipinski definition) is 2. The number of amides is 1. The molecular formula is C18H22N2O2. The molecule has 0 saturated carbocycles. The molecule has 2 aromatic carbocycles. The van der Waals surface area contributed by atoms with Crippen molar-refractivity contribution in [2.45, 2.75) is 25.5 Å². The van der Waals surface area contributed by atoms with E-state index >= 15 is 0 Å². The molecular weight excluding hydrogens is 276 g/mol. The van der Waals surface area contributed by atoms with Crippen LogP contribution in [0.1, 0.15) is 12.5 Å². The van der Waals surface area contributed by atoms with Crippen molar-refractivity contribution in [1.82, 2.24) is 10.6 Å². The molecule has 0 aliphatic carbocycles. The molecule has 0 unspecified atom stereocenters. The van der Waals surface area contributed by atoms with E-state index in [4.69, 9.17) is 4.74 Å². The van der Waals surface area contributed by atoms with Gasteiger partial charge in [-0.1, -0.05) is 42.5 Å². The lowest BCUT2D eigenvalue weighted by molar-refractivity contribution is -0.128. The first-order valence-corrected chi connectivity index (χ1v) is 7.84. The zero-order chi connectivity index (χ0) is 15.4. The van der Waals surface area contributed by atoms with Gasteiger partial charge in [0.25, 0.3) is 0 Å². The Morgan fingerprint density at radius 3 is 2.91 bits per heavy atom. The molecule has 22 heavy (non-hydrogen) atoms. The van der Waals surface area contributed by atoms with Crippen LogP contribution in [0.15, 0.2) is 42.5 Å². The maximum absolute atomic E-state index is 12.2. The molecule has 1 heterocycles. The second-order valence-electron chi connectivity index (χ2n) is 5.73. The van der Waals surface area contributed by atoms with Crippen molar-refractivity contribution in [1.29, 1.82) is 0 Å². The standard InChI is InChI=1S/C18H22N2O2/c1-13-17(19-10-11-22-13)18(21)20-9-8-14-6-7-15-4-2-3-5-16(15)12-14/h2-7,12-13,17,19H,8-11H2,1H3,(H,20,21)/t13-,17+/m1/s1. The van der Waals surface area contributed by atoms with Gasteiger partial charge in [-0.05, 0) is 29.7 Å². The average molecular weight is 298 g/mol. The second-order valence-corrected chi connectivity index (χ2v) is 5.73. The maximum Gasteiger partial charge on any atom is 0.239 e. The van der Waals surface area contributed by atoms with E-state index in [9.17, 15) is 4.79 Å². The summed E-state index contributed by atoms with van der Waals surface area (Å²) in [6, 6.07) is 14.5. The first kappa shape index (κ1) is 15.0. The largest absolute Gasteiger partial charge is 0.375 e. The van der Waals surface area contributed by atoms with Gasteiger partial charge in [0.1, 0.15) is 6.04 Å². The first-order chi connectivity index (χ1) is 10.7. The SMILES string of the molecule is C[C@H]1OCCN[C@@H]1C(=O)NCCc1ccc2ccccc2c1. The van der Waals surface area contributed by atoms with Gasteiger partial charge in [-0.15, -0.1) is 0 Å². The summed E-state index contributed by atoms with van der Waals surface area (Å²) in [6.07, 6.45) is 0.757. The van der Waals surface area contributed by atoms with Crippen molar-refractivity contribution < 1.29 is 9.53 Å². The lowest BCUT2D eigenvalue weighted by Crippen LogP contribution is -2.55.